The van der Waals surface area contributed by atoms with E-state index in [4.69, 9.17) is 5.73 Å². The lowest BCUT2D eigenvalue weighted by molar-refractivity contribution is 0.262. The van der Waals surface area contributed by atoms with Gasteiger partial charge in [0.1, 0.15) is 5.52 Å². The smallest absolute Gasteiger partial charge is 0.201 e. The van der Waals surface area contributed by atoms with Crippen molar-refractivity contribution in [3.8, 4) is 0 Å². The second-order valence-electron chi connectivity index (χ2n) is 5.60. The van der Waals surface area contributed by atoms with E-state index in [1.54, 1.807) is 0 Å². The molecule has 4 heteroatoms. The minimum Gasteiger partial charge on any atom is -0.369 e. The first-order chi connectivity index (χ1) is 10.2. The molecule has 4 nitrogen and oxygen atoms in total. The first kappa shape index (κ1) is 13.9. The van der Waals surface area contributed by atoms with Crippen LogP contribution in [0.25, 0.3) is 21.9 Å². The number of aromatic nitrogens is 3. The predicted octanol–water partition coefficient (Wildman–Crippen LogP) is 4.09. The Labute approximate surface area is 125 Å². The van der Waals surface area contributed by atoms with Crippen LogP contribution in [0.15, 0.2) is 30.5 Å². The van der Waals surface area contributed by atoms with Crippen LogP contribution >= 0.6 is 0 Å². The number of hydrogen-bond donors (Lipinski definition) is 1. The molecule has 0 spiro atoms. The third-order valence-electron chi connectivity index (χ3n) is 4.86. The summed E-state index contributed by atoms with van der Waals surface area (Å²) in [7, 11) is 0. The Morgan fingerprint density at radius 3 is 2.38 bits per heavy atom. The Bertz CT molecular complexity index is 776. The quantitative estimate of drug-likeness (QED) is 0.784. The zero-order valence-corrected chi connectivity index (χ0v) is 12.9. The van der Waals surface area contributed by atoms with Gasteiger partial charge in [0, 0.05) is 10.9 Å². The number of hydrogen-bond acceptors (Lipinski definition) is 3. The van der Waals surface area contributed by atoms with Gasteiger partial charge in [-0.2, -0.15) is 0 Å². The van der Waals surface area contributed by atoms with Crippen molar-refractivity contribution in [2.24, 2.45) is 0 Å². The third kappa shape index (κ3) is 1.89. The Morgan fingerprint density at radius 2 is 1.71 bits per heavy atom. The van der Waals surface area contributed by atoms with E-state index >= 15 is 0 Å². The van der Waals surface area contributed by atoms with Crippen LogP contribution in [0.5, 0.6) is 0 Å². The first-order valence-electron chi connectivity index (χ1n) is 7.69. The van der Waals surface area contributed by atoms with Crippen molar-refractivity contribution in [3.63, 3.8) is 0 Å². The largest absolute Gasteiger partial charge is 0.369 e. The van der Waals surface area contributed by atoms with Crippen LogP contribution in [-0.4, -0.2) is 14.5 Å². The molecule has 0 unspecified atom stereocenters. The Balaban J connectivity index is 2.46. The lowest BCUT2D eigenvalue weighted by Crippen LogP contribution is -2.32. The average molecular weight is 282 g/mol. The number of rotatable bonds is 4. The maximum Gasteiger partial charge on any atom is 0.201 e. The average Bonchev–Trinajstić information content (AvgIpc) is 2.87. The van der Waals surface area contributed by atoms with E-state index in [9.17, 15) is 0 Å². The van der Waals surface area contributed by atoms with E-state index in [-0.39, 0.29) is 5.54 Å². The van der Waals surface area contributed by atoms with Crippen LogP contribution in [0.3, 0.4) is 0 Å². The van der Waals surface area contributed by atoms with Gasteiger partial charge in [-0.1, -0.05) is 39.0 Å². The molecule has 0 aliphatic rings. The molecule has 0 aliphatic carbocycles. The van der Waals surface area contributed by atoms with Gasteiger partial charge in [0.2, 0.25) is 5.95 Å². The van der Waals surface area contributed by atoms with Crippen molar-refractivity contribution in [1.82, 2.24) is 14.5 Å². The predicted molar refractivity (Wildman–Crippen MR) is 88.3 cm³/mol. The molecule has 0 atom stereocenters. The summed E-state index contributed by atoms with van der Waals surface area (Å²) >= 11 is 0. The molecule has 1 aromatic carbocycles. The van der Waals surface area contributed by atoms with Gasteiger partial charge in [-0.15, -0.1) is 0 Å². The lowest BCUT2D eigenvalue weighted by Gasteiger charge is -2.34. The SMILES string of the molecule is CCC(CC)(CC)n1c(N)nc2cnc3ccccc3c21. The van der Waals surface area contributed by atoms with Crippen LogP contribution in [0.2, 0.25) is 0 Å². The van der Waals surface area contributed by atoms with E-state index in [1.165, 1.54) is 0 Å². The molecular formula is C17H22N4. The molecular weight excluding hydrogens is 260 g/mol. The maximum absolute atomic E-state index is 6.28. The molecule has 0 amide bonds. The molecule has 2 N–H and O–H groups in total. The molecule has 110 valence electrons. The molecule has 0 bridgehead atoms. The lowest BCUT2D eigenvalue weighted by atomic mass is 9.89. The maximum atomic E-state index is 6.28. The number of anilines is 1. The third-order valence-corrected chi connectivity index (χ3v) is 4.86. The van der Waals surface area contributed by atoms with Crippen molar-refractivity contribution in [2.45, 2.75) is 45.6 Å². The molecule has 21 heavy (non-hydrogen) atoms. The van der Waals surface area contributed by atoms with Gasteiger partial charge in [-0.05, 0) is 25.3 Å². The normalized spacial score (nSPS) is 12.3. The topological polar surface area (TPSA) is 56.7 Å². The number of fused-ring (bicyclic) bond motifs is 3. The number of nitrogen functional groups attached to an aromatic ring is 1. The summed E-state index contributed by atoms with van der Waals surface area (Å²) in [5.74, 6) is 0.591. The van der Waals surface area contributed by atoms with Gasteiger partial charge in [0.15, 0.2) is 0 Å². The number of pyridine rings is 1. The number of benzene rings is 1. The second kappa shape index (κ2) is 5.02. The summed E-state index contributed by atoms with van der Waals surface area (Å²) in [5, 5.41) is 1.12. The highest BCUT2D eigenvalue weighted by Crippen LogP contribution is 2.37. The molecule has 0 radical (unpaired) electrons. The van der Waals surface area contributed by atoms with E-state index in [0.717, 1.165) is 41.2 Å². The fraction of sp³-hybridized carbons (Fsp3) is 0.412. The van der Waals surface area contributed by atoms with E-state index in [2.05, 4.69) is 41.4 Å². The highest BCUT2D eigenvalue weighted by atomic mass is 15.2. The summed E-state index contributed by atoms with van der Waals surface area (Å²) in [6, 6.07) is 8.20. The molecule has 2 heterocycles. The summed E-state index contributed by atoms with van der Waals surface area (Å²) < 4.78 is 2.24. The van der Waals surface area contributed by atoms with Crippen molar-refractivity contribution in [3.05, 3.63) is 30.5 Å². The van der Waals surface area contributed by atoms with Gasteiger partial charge < -0.3 is 10.3 Å². The number of imidazole rings is 1. The van der Waals surface area contributed by atoms with Crippen molar-refractivity contribution in [2.75, 3.05) is 5.73 Å². The van der Waals surface area contributed by atoms with Crippen molar-refractivity contribution >= 4 is 27.9 Å². The van der Waals surface area contributed by atoms with Gasteiger partial charge in [0.25, 0.3) is 0 Å². The van der Waals surface area contributed by atoms with Crippen LogP contribution < -0.4 is 5.73 Å². The molecule has 0 fully saturated rings. The minimum atomic E-state index is 0.0168. The second-order valence-corrected chi connectivity index (χ2v) is 5.60. The van der Waals surface area contributed by atoms with Crippen molar-refractivity contribution in [1.29, 1.82) is 0 Å². The van der Waals surface area contributed by atoms with Crippen LogP contribution in [0.4, 0.5) is 5.95 Å². The van der Waals surface area contributed by atoms with Crippen molar-refractivity contribution < 1.29 is 0 Å². The molecule has 3 rings (SSSR count). The molecule has 0 saturated heterocycles. The number of nitrogens with zero attached hydrogens (tertiary/aromatic N) is 3. The number of para-hydroxylation sites is 1. The van der Waals surface area contributed by atoms with Crippen LogP contribution in [0, 0.1) is 0 Å². The summed E-state index contributed by atoms with van der Waals surface area (Å²) in [6.07, 6.45) is 4.93. The van der Waals surface area contributed by atoms with E-state index in [0.29, 0.717) is 5.95 Å². The van der Waals surface area contributed by atoms with Crippen LogP contribution in [-0.2, 0) is 5.54 Å². The van der Waals surface area contributed by atoms with Gasteiger partial charge in [0.05, 0.1) is 17.2 Å². The van der Waals surface area contributed by atoms with Crippen LogP contribution in [0.1, 0.15) is 40.0 Å². The molecule has 2 aromatic heterocycles. The van der Waals surface area contributed by atoms with Gasteiger partial charge in [-0.3, -0.25) is 4.98 Å². The molecule has 0 saturated carbocycles. The molecule has 0 aliphatic heterocycles. The minimum absolute atomic E-state index is 0.0168. The number of nitrogens with two attached hydrogens (primary N) is 1. The fourth-order valence-corrected chi connectivity index (χ4v) is 3.43. The fourth-order valence-electron chi connectivity index (χ4n) is 3.43. The Hall–Kier alpha value is -2.10. The summed E-state index contributed by atoms with van der Waals surface area (Å²) in [5.41, 5.74) is 9.28. The monoisotopic (exact) mass is 282 g/mol. The standard InChI is InChI=1S/C17H22N4/c1-4-17(5-2,6-3)21-15-12-9-7-8-10-13(12)19-11-14(15)20-16(21)18/h7-11H,4-6H2,1-3H3,(H2,18,20). The zero-order chi connectivity index (χ0) is 15.0. The summed E-state index contributed by atoms with van der Waals surface area (Å²) in [6.45, 7) is 6.67. The highest BCUT2D eigenvalue weighted by Gasteiger charge is 2.30. The van der Waals surface area contributed by atoms with E-state index < -0.39 is 0 Å². The van der Waals surface area contributed by atoms with Gasteiger partial charge >= 0.3 is 0 Å². The Morgan fingerprint density at radius 1 is 1.05 bits per heavy atom. The Kier molecular flexibility index (Phi) is 3.32. The first-order valence-corrected chi connectivity index (χ1v) is 7.69. The highest BCUT2D eigenvalue weighted by molar-refractivity contribution is 6.03. The summed E-state index contributed by atoms with van der Waals surface area (Å²) in [4.78, 5) is 9.04. The van der Waals surface area contributed by atoms with Gasteiger partial charge in [-0.25, -0.2) is 4.98 Å². The molecule has 3 aromatic rings. The van der Waals surface area contributed by atoms with E-state index in [1.807, 2.05) is 24.4 Å². The zero-order valence-electron chi connectivity index (χ0n) is 12.9.